The van der Waals surface area contributed by atoms with Gasteiger partial charge in [-0.25, -0.2) is 0 Å². The molecule has 30 heavy (non-hydrogen) atoms. The molecule has 0 aliphatic heterocycles. The van der Waals surface area contributed by atoms with Crippen molar-refractivity contribution in [2.75, 3.05) is 13.2 Å². The molecule has 1 heterocycles. The maximum atomic E-state index is 12.8. The number of hydrogen-bond acceptors (Lipinski definition) is 3. The van der Waals surface area contributed by atoms with Crippen molar-refractivity contribution in [3.63, 3.8) is 0 Å². The predicted octanol–water partition coefficient (Wildman–Crippen LogP) is 3.89. The third-order valence-electron chi connectivity index (χ3n) is 5.18. The molecule has 0 unspecified atom stereocenters. The second-order valence-electron chi connectivity index (χ2n) is 7.53. The van der Waals surface area contributed by atoms with E-state index < -0.39 is 0 Å². The van der Waals surface area contributed by atoms with Crippen LogP contribution in [0.5, 0.6) is 0 Å². The molecule has 0 saturated heterocycles. The lowest BCUT2D eigenvalue weighted by atomic mass is 10.1. The van der Waals surface area contributed by atoms with Crippen molar-refractivity contribution in [3.05, 3.63) is 94.3 Å². The van der Waals surface area contributed by atoms with Gasteiger partial charge in [0, 0.05) is 30.4 Å². The maximum Gasteiger partial charge on any atom is 0.246 e. The Morgan fingerprint density at radius 3 is 2.40 bits per heavy atom. The molecule has 0 bridgehead atoms. The number of amides is 1. The molecule has 0 fully saturated rings. The van der Waals surface area contributed by atoms with Crippen LogP contribution in [0.2, 0.25) is 0 Å². The fourth-order valence-electron chi connectivity index (χ4n) is 3.42. The summed E-state index contributed by atoms with van der Waals surface area (Å²) in [5, 5.41) is 14.0. The van der Waals surface area contributed by atoms with E-state index in [0.717, 1.165) is 22.5 Å². The molecule has 0 saturated carbocycles. The Hall–Kier alpha value is -3.18. The molecule has 1 N–H and O–H groups in total. The smallest absolute Gasteiger partial charge is 0.246 e. The van der Waals surface area contributed by atoms with Crippen LogP contribution < -0.4 is 0 Å². The molecule has 0 aliphatic carbocycles. The van der Waals surface area contributed by atoms with Gasteiger partial charge in [-0.15, -0.1) is 0 Å². The Bertz CT molecular complexity index is 1000. The largest absolute Gasteiger partial charge is 0.395 e. The summed E-state index contributed by atoms with van der Waals surface area (Å²) in [5.74, 6) is -0.127. The van der Waals surface area contributed by atoms with Crippen LogP contribution in [0.4, 0.5) is 0 Å². The molecular weight excluding hydrogens is 374 g/mol. The fraction of sp³-hybridized carbons (Fsp3) is 0.280. The van der Waals surface area contributed by atoms with Crippen LogP contribution in [0, 0.1) is 20.8 Å². The molecule has 0 atom stereocenters. The van der Waals surface area contributed by atoms with Crippen molar-refractivity contribution in [1.29, 1.82) is 0 Å². The second-order valence-corrected chi connectivity index (χ2v) is 7.53. The monoisotopic (exact) mass is 403 g/mol. The van der Waals surface area contributed by atoms with E-state index in [0.29, 0.717) is 19.6 Å². The summed E-state index contributed by atoms with van der Waals surface area (Å²) in [6, 6.07) is 18.2. The summed E-state index contributed by atoms with van der Waals surface area (Å²) >= 11 is 0. The summed E-state index contributed by atoms with van der Waals surface area (Å²) in [7, 11) is 0. The minimum absolute atomic E-state index is 0.0705. The minimum atomic E-state index is -0.127. The predicted molar refractivity (Wildman–Crippen MR) is 120 cm³/mol. The molecule has 0 spiro atoms. The molecule has 3 rings (SSSR count). The van der Waals surface area contributed by atoms with Crippen molar-refractivity contribution >= 4 is 12.0 Å². The summed E-state index contributed by atoms with van der Waals surface area (Å²) < 4.78 is 1.97. The Kier molecular flexibility index (Phi) is 7.20. The molecule has 2 aromatic carbocycles. The number of hydrogen-bond donors (Lipinski definition) is 1. The number of aliphatic hydroxyl groups excluding tert-OH is 1. The first-order valence-corrected chi connectivity index (χ1v) is 10.2. The van der Waals surface area contributed by atoms with Gasteiger partial charge >= 0.3 is 0 Å². The standard InChI is InChI=1S/C25H29N3O2/c1-19-9-11-23(12-10-19)18-28-21(3)24(20(2)26-28)13-14-25(30)27(15-16-29)17-22-7-5-4-6-8-22/h4-14,29H,15-18H2,1-3H3/b14-13+. The number of aromatic nitrogens is 2. The van der Waals surface area contributed by atoms with E-state index in [2.05, 4.69) is 36.3 Å². The summed E-state index contributed by atoms with van der Waals surface area (Å²) in [4.78, 5) is 14.4. The third-order valence-corrected chi connectivity index (χ3v) is 5.18. The number of aliphatic hydroxyl groups is 1. The summed E-state index contributed by atoms with van der Waals surface area (Å²) in [5.41, 5.74) is 6.33. The van der Waals surface area contributed by atoms with E-state index in [-0.39, 0.29) is 12.5 Å². The van der Waals surface area contributed by atoms with E-state index in [4.69, 9.17) is 0 Å². The van der Waals surface area contributed by atoms with Gasteiger partial charge in [0.25, 0.3) is 0 Å². The number of benzene rings is 2. The highest BCUT2D eigenvalue weighted by Gasteiger charge is 2.13. The highest BCUT2D eigenvalue weighted by Crippen LogP contribution is 2.17. The molecule has 0 aliphatic rings. The van der Waals surface area contributed by atoms with Crippen molar-refractivity contribution in [3.8, 4) is 0 Å². The average Bonchev–Trinajstić information content (AvgIpc) is 3.01. The summed E-state index contributed by atoms with van der Waals surface area (Å²) in [6.07, 6.45) is 3.41. The average molecular weight is 404 g/mol. The molecule has 5 heteroatoms. The zero-order chi connectivity index (χ0) is 21.5. The number of carbonyl (C=O) groups excluding carboxylic acids is 1. The third kappa shape index (κ3) is 5.45. The Labute approximate surface area is 178 Å². The number of nitrogens with zero attached hydrogens (tertiary/aromatic N) is 3. The first-order chi connectivity index (χ1) is 14.5. The molecule has 1 aromatic heterocycles. The van der Waals surface area contributed by atoms with Crippen LogP contribution in [0.3, 0.4) is 0 Å². The van der Waals surface area contributed by atoms with Crippen LogP contribution in [-0.2, 0) is 17.9 Å². The van der Waals surface area contributed by atoms with Crippen LogP contribution in [0.25, 0.3) is 6.08 Å². The van der Waals surface area contributed by atoms with Crippen molar-refractivity contribution in [2.45, 2.75) is 33.9 Å². The Morgan fingerprint density at radius 1 is 1.03 bits per heavy atom. The quantitative estimate of drug-likeness (QED) is 0.581. The molecule has 0 radical (unpaired) electrons. The lowest BCUT2D eigenvalue weighted by Crippen LogP contribution is -2.31. The van der Waals surface area contributed by atoms with E-state index in [1.54, 1.807) is 11.0 Å². The van der Waals surface area contributed by atoms with E-state index >= 15 is 0 Å². The maximum absolute atomic E-state index is 12.8. The van der Waals surface area contributed by atoms with Crippen LogP contribution >= 0.6 is 0 Å². The Morgan fingerprint density at radius 2 is 1.73 bits per heavy atom. The van der Waals surface area contributed by atoms with E-state index in [9.17, 15) is 9.90 Å². The Balaban J connectivity index is 1.74. The highest BCUT2D eigenvalue weighted by atomic mass is 16.3. The van der Waals surface area contributed by atoms with Gasteiger partial charge in [-0.2, -0.15) is 5.10 Å². The SMILES string of the molecule is Cc1ccc(Cn2nc(C)c(/C=C/C(=O)N(CCO)Cc3ccccc3)c2C)cc1. The van der Waals surface area contributed by atoms with Crippen molar-refractivity contribution in [2.24, 2.45) is 0 Å². The molecular formula is C25H29N3O2. The molecule has 156 valence electrons. The van der Waals surface area contributed by atoms with E-state index in [1.807, 2.05) is 54.9 Å². The van der Waals surface area contributed by atoms with Gasteiger partial charge in [0.1, 0.15) is 0 Å². The lowest BCUT2D eigenvalue weighted by Gasteiger charge is -2.20. The van der Waals surface area contributed by atoms with Gasteiger partial charge in [0.15, 0.2) is 0 Å². The van der Waals surface area contributed by atoms with Crippen molar-refractivity contribution < 1.29 is 9.90 Å². The van der Waals surface area contributed by atoms with Crippen LogP contribution in [-0.4, -0.2) is 38.8 Å². The zero-order valence-corrected chi connectivity index (χ0v) is 17.9. The van der Waals surface area contributed by atoms with Crippen molar-refractivity contribution in [1.82, 2.24) is 14.7 Å². The van der Waals surface area contributed by atoms with Crippen LogP contribution in [0.1, 0.15) is 33.6 Å². The highest BCUT2D eigenvalue weighted by molar-refractivity contribution is 5.92. The first kappa shape index (κ1) is 21.5. The number of aryl methyl sites for hydroxylation is 2. The first-order valence-electron chi connectivity index (χ1n) is 10.2. The van der Waals surface area contributed by atoms with Gasteiger partial charge in [-0.1, -0.05) is 60.2 Å². The van der Waals surface area contributed by atoms with Crippen LogP contribution in [0.15, 0.2) is 60.7 Å². The topological polar surface area (TPSA) is 58.4 Å². The van der Waals surface area contributed by atoms with E-state index in [1.165, 1.54) is 11.1 Å². The molecule has 3 aromatic rings. The fourth-order valence-corrected chi connectivity index (χ4v) is 3.42. The lowest BCUT2D eigenvalue weighted by molar-refractivity contribution is -0.127. The molecule has 1 amide bonds. The van der Waals surface area contributed by atoms with Gasteiger partial charge in [0.05, 0.1) is 18.8 Å². The van der Waals surface area contributed by atoms with Gasteiger partial charge in [-0.05, 0) is 38.0 Å². The number of rotatable bonds is 8. The summed E-state index contributed by atoms with van der Waals surface area (Å²) in [6.45, 7) is 7.44. The minimum Gasteiger partial charge on any atom is -0.395 e. The zero-order valence-electron chi connectivity index (χ0n) is 17.9. The van der Waals surface area contributed by atoms with Gasteiger partial charge in [0.2, 0.25) is 5.91 Å². The second kappa shape index (κ2) is 10.0. The molecule has 5 nitrogen and oxygen atoms in total. The normalized spacial score (nSPS) is 11.2. The van der Waals surface area contributed by atoms with Gasteiger partial charge in [-0.3, -0.25) is 9.48 Å². The van der Waals surface area contributed by atoms with Gasteiger partial charge < -0.3 is 10.0 Å². The number of carbonyl (C=O) groups is 1.